The number of nitrogens with one attached hydrogen (secondary N) is 1. The molecule has 2 atom stereocenters. The topological polar surface area (TPSA) is 158 Å². The van der Waals surface area contributed by atoms with Crippen molar-refractivity contribution in [3.8, 4) is 16.9 Å². The molecule has 0 aliphatic heterocycles. The molecule has 42 heavy (non-hydrogen) atoms. The largest absolute Gasteiger partial charge is 0.569 e. The number of aryl methyl sites for hydroxylation is 1. The molecule has 1 unspecified atom stereocenters. The van der Waals surface area contributed by atoms with Gasteiger partial charge in [-0.3, -0.25) is 14.4 Å². The van der Waals surface area contributed by atoms with Crippen molar-refractivity contribution in [2.75, 3.05) is 7.05 Å². The Morgan fingerprint density at radius 2 is 1.71 bits per heavy atom. The molecule has 0 saturated heterocycles. The first-order valence-electron chi connectivity index (χ1n) is 12.1. The van der Waals surface area contributed by atoms with Crippen LogP contribution in [0, 0.1) is 12.1 Å². The average Bonchev–Trinajstić information content (AvgIpc) is 3.37. The molecule has 0 radical (unpaired) electrons. The van der Waals surface area contributed by atoms with Gasteiger partial charge in [0.2, 0.25) is 5.28 Å². The molecule has 0 aliphatic rings. The molecule has 3 rings (SSSR count). The number of nitrogens with zero attached hydrogens (tertiary/aromatic N) is 5. The smallest absolute Gasteiger partial charge is 0.435 e. The third kappa shape index (κ3) is 7.74. The molecular weight excluding hydrogens is 585 g/mol. The predicted molar refractivity (Wildman–Crippen MR) is 140 cm³/mol. The number of carbonyl (C=O) groups excluding carboxylic acids is 2. The van der Waals surface area contributed by atoms with Gasteiger partial charge in [0.05, 0.1) is 28.3 Å². The number of hydrogen-bond acceptors (Lipinski definition) is 9. The highest BCUT2D eigenvalue weighted by Gasteiger charge is 2.35. The molecule has 226 valence electrons. The van der Waals surface area contributed by atoms with Crippen molar-refractivity contribution in [1.29, 1.82) is 0 Å². The Hall–Kier alpha value is -4.67. The van der Waals surface area contributed by atoms with Crippen LogP contribution in [0.5, 0.6) is 0 Å². The summed E-state index contributed by atoms with van der Waals surface area (Å²) in [6, 6.07) is 10.9. The molecule has 0 bridgehead atoms. The Labute approximate surface area is 238 Å². The highest BCUT2D eigenvalue weighted by atomic mass is 32.2. The molecule has 17 heteroatoms. The minimum atomic E-state index is -4.72. The molecule has 3 aromatic rings. The number of benzene rings is 2. The van der Waals surface area contributed by atoms with Crippen LogP contribution in [0.3, 0.4) is 0 Å². The Balaban J connectivity index is 1.80. The Kier molecular flexibility index (Phi) is 9.45. The number of alkyl halides is 3. The fourth-order valence-electron chi connectivity index (χ4n) is 3.43. The Morgan fingerprint density at radius 1 is 1.12 bits per heavy atom. The zero-order valence-corrected chi connectivity index (χ0v) is 23.8. The lowest BCUT2D eigenvalue weighted by molar-refractivity contribution is -0.711. The summed E-state index contributed by atoms with van der Waals surface area (Å²) in [4.78, 5) is 27.7. The van der Waals surface area contributed by atoms with Crippen molar-refractivity contribution >= 4 is 21.9 Å². The monoisotopic (exact) mass is 612 g/mol. The highest BCUT2D eigenvalue weighted by Crippen LogP contribution is 2.33. The van der Waals surface area contributed by atoms with E-state index in [1.165, 1.54) is 26.0 Å². The summed E-state index contributed by atoms with van der Waals surface area (Å²) in [5.74, 6) is -1.79. The number of ether oxygens (including phenoxy) is 1. The number of amides is 1. The molecule has 0 spiro atoms. The van der Waals surface area contributed by atoms with E-state index in [-0.39, 0.29) is 21.2 Å². The van der Waals surface area contributed by atoms with E-state index < -0.39 is 46.1 Å². The number of esters is 1. The average molecular weight is 613 g/mol. The number of likely N-dealkylation sites (N-methyl/N-ethyl adjacent to an activating group) is 1. The molecule has 1 heterocycles. The van der Waals surface area contributed by atoms with E-state index in [1.54, 1.807) is 24.3 Å². The number of sulfonamides is 1. The quantitative estimate of drug-likeness (QED) is 0.118. The standard InChI is InChI=1S/C25H27F3N6O7S/c1-15-6-8-19(9-7-15)22-14-23(25(26,27)28)29-33(22)20-10-12-21(13-11-20)42(38,39)30-24(36)16(2)32(5)34(37)31-41-18(4)40-17(3)35/h6-14,16,18H,1-5H3,(H,30,36)/b34-31-/t16-,18?/m0/s1. The van der Waals surface area contributed by atoms with Gasteiger partial charge in [-0.1, -0.05) is 29.8 Å². The van der Waals surface area contributed by atoms with Crippen LogP contribution >= 0.6 is 0 Å². The van der Waals surface area contributed by atoms with Gasteiger partial charge in [-0.15, -0.1) is 5.01 Å². The van der Waals surface area contributed by atoms with E-state index in [2.05, 4.69) is 20.0 Å². The lowest BCUT2D eigenvalue weighted by atomic mass is 10.1. The van der Waals surface area contributed by atoms with Crippen molar-refractivity contribution in [3.63, 3.8) is 0 Å². The molecule has 0 fully saturated rings. The third-order valence-corrected chi connectivity index (χ3v) is 7.14. The van der Waals surface area contributed by atoms with Crippen molar-refractivity contribution in [3.05, 3.63) is 71.1 Å². The minimum absolute atomic E-state index is 0.127. The van der Waals surface area contributed by atoms with Gasteiger partial charge in [0.25, 0.3) is 22.2 Å². The number of carbonyl (C=O) groups is 2. The maximum absolute atomic E-state index is 13.5. The van der Waals surface area contributed by atoms with Crippen molar-refractivity contribution in [1.82, 2.24) is 19.5 Å². The molecule has 13 nitrogen and oxygen atoms in total. The predicted octanol–water partition coefficient (Wildman–Crippen LogP) is 3.71. The van der Waals surface area contributed by atoms with Gasteiger partial charge in [0.15, 0.2) is 11.7 Å². The van der Waals surface area contributed by atoms with E-state index in [9.17, 15) is 36.4 Å². The van der Waals surface area contributed by atoms with Crippen molar-refractivity contribution in [2.24, 2.45) is 5.28 Å². The van der Waals surface area contributed by atoms with E-state index in [4.69, 9.17) is 0 Å². The third-order valence-electron chi connectivity index (χ3n) is 5.78. The van der Waals surface area contributed by atoms with Crippen LogP contribution in [0.15, 0.2) is 64.8 Å². The van der Waals surface area contributed by atoms with Crippen LogP contribution in [-0.4, -0.2) is 59.4 Å². The van der Waals surface area contributed by atoms with Crippen LogP contribution in [0.2, 0.25) is 0 Å². The van der Waals surface area contributed by atoms with Crippen LogP contribution < -0.4 is 4.72 Å². The van der Waals surface area contributed by atoms with Gasteiger partial charge in [-0.2, -0.15) is 18.3 Å². The summed E-state index contributed by atoms with van der Waals surface area (Å²) in [7, 11) is -3.33. The second-order valence-corrected chi connectivity index (χ2v) is 10.7. The number of halogens is 3. The van der Waals surface area contributed by atoms with Crippen LogP contribution in [-0.2, 0) is 35.4 Å². The summed E-state index contributed by atoms with van der Waals surface area (Å²) in [6.45, 7) is 5.45. The summed E-state index contributed by atoms with van der Waals surface area (Å²) >= 11 is 0. The maximum Gasteiger partial charge on any atom is 0.435 e. The molecule has 0 saturated carbocycles. The molecule has 1 amide bonds. The first kappa shape index (κ1) is 31.9. The Bertz CT molecular complexity index is 1570. The molecule has 2 aromatic carbocycles. The van der Waals surface area contributed by atoms with Crippen LogP contribution in [0.1, 0.15) is 32.0 Å². The van der Waals surface area contributed by atoms with Crippen LogP contribution in [0.4, 0.5) is 13.2 Å². The van der Waals surface area contributed by atoms with E-state index in [0.717, 1.165) is 42.4 Å². The fraction of sp³-hybridized carbons (Fsp3) is 0.320. The fourth-order valence-corrected chi connectivity index (χ4v) is 4.47. The van der Waals surface area contributed by atoms with E-state index >= 15 is 0 Å². The number of hydrogen-bond donors (Lipinski definition) is 1. The maximum atomic E-state index is 13.5. The van der Waals surface area contributed by atoms with Crippen molar-refractivity contribution in [2.45, 2.75) is 51.1 Å². The second kappa shape index (κ2) is 12.5. The summed E-state index contributed by atoms with van der Waals surface area (Å²) in [6.07, 6.45) is -5.92. The first-order valence-corrected chi connectivity index (χ1v) is 13.6. The summed E-state index contributed by atoms with van der Waals surface area (Å²) < 4.78 is 73.6. The molecule has 1 N–H and O–H groups in total. The summed E-state index contributed by atoms with van der Waals surface area (Å²) in [5.41, 5.74) is 0.479. The van der Waals surface area contributed by atoms with Crippen LogP contribution in [0.25, 0.3) is 16.9 Å². The lowest BCUT2D eigenvalue weighted by Gasteiger charge is -2.20. The molecule has 1 aromatic heterocycles. The normalized spacial score (nSPS) is 13.7. The number of rotatable bonds is 10. The number of aromatic nitrogens is 2. The number of hydrazine groups is 1. The van der Waals surface area contributed by atoms with Gasteiger partial charge in [-0.25, -0.2) is 17.8 Å². The second-order valence-electron chi connectivity index (χ2n) is 9.02. The zero-order chi connectivity index (χ0) is 31.4. The minimum Gasteiger partial charge on any atom is -0.569 e. The SMILES string of the molecule is CC(=O)OC(C)O/N=[N+](\[O-])N(C)[C@@H](C)C(=O)NS(=O)(=O)c1ccc(-n2nc(C(F)(F)F)cc2-c2ccc(C)cc2)cc1. The van der Waals surface area contributed by atoms with E-state index in [0.29, 0.717) is 10.6 Å². The van der Waals surface area contributed by atoms with Gasteiger partial charge in [0, 0.05) is 19.4 Å². The first-order chi connectivity index (χ1) is 19.5. The highest BCUT2D eigenvalue weighted by molar-refractivity contribution is 7.90. The lowest BCUT2D eigenvalue weighted by Crippen LogP contribution is -2.47. The van der Waals surface area contributed by atoms with Crippen molar-refractivity contribution < 1.29 is 45.7 Å². The van der Waals surface area contributed by atoms with E-state index in [1.807, 2.05) is 11.6 Å². The zero-order valence-electron chi connectivity index (χ0n) is 23.0. The molecule has 0 aliphatic carbocycles. The van der Waals surface area contributed by atoms with Gasteiger partial charge in [-0.05, 0) is 44.2 Å². The Morgan fingerprint density at radius 3 is 2.26 bits per heavy atom. The summed E-state index contributed by atoms with van der Waals surface area (Å²) in [5, 5.41) is 19.6. The van der Waals surface area contributed by atoms with Gasteiger partial charge in [0.1, 0.15) is 0 Å². The van der Waals surface area contributed by atoms with Gasteiger partial charge >= 0.3 is 12.1 Å². The van der Waals surface area contributed by atoms with Gasteiger partial charge < -0.3 is 9.94 Å². The molecular formula is C25H27F3N6O7S.